The van der Waals surface area contributed by atoms with E-state index in [1.54, 1.807) is 33.6 Å². The zero-order valence-corrected chi connectivity index (χ0v) is 16.6. The summed E-state index contributed by atoms with van der Waals surface area (Å²) in [4.78, 5) is 12.9. The van der Waals surface area contributed by atoms with E-state index in [1.807, 2.05) is 43.3 Å². The quantitative estimate of drug-likeness (QED) is 0.466. The molecule has 4 aromatic rings. The number of hydrogen-bond donors (Lipinski definition) is 0. The van der Waals surface area contributed by atoms with E-state index in [0.717, 1.165) is 11.1 Å². The van der Waals surface area contributed by atoms with Gasteiger partial charge in [-0.25, -0.2) is 4.52 Å². The second-order valence-electron chi connectivity index (χ2n) is 6.30. The molecule has 0 fully saturated rings. The number of halogens is 2. The molecule has 0 amide bonds. The van der Waals surface area contributed by atoms with Crippen molar-refractivity contribution in [3.8, 4) is 17.0 Å². The van der Waals surface area contributed by atoms with Crippen molar-refractivity contribution in [3.63, 3.8) is 0 Å². The van der Waals surface area contributed by atoms with Gasteiger partial charge in [0.15, 0.2) is 0 Å². The van der Waals surface area contributed by atoms with Crippen LogP contribution in [0.25, 0.3) is 16.8 Å². The van der Waals surface area contributed by atoms with Gasteiger partial charge in [-0.3, -0.25) is 4.79 Å². The number of fused-ring (bicyclic) bond motifs is 1. The maximum atomic E-state index is 12.9. The molecule has 2 aromatic carbocycles. The Hall–Kier alpha value is -2.76. The Balaban J connectivity index is 1.69. The third-order valence-corrected chi connectivity index (χ3v) is 4.94. The molecular weight excluding hydrogens is 397 g/mol. The lowest BCUT2D eigenvalue weighted by atomic mass is 10.1. The Kier molecular flexibility index (Phi) is 5.11. The molecule has 0 radical (unpaired) electrons. The Bertz CT molecular complexity index is 1200. The Morgan fingerprint density at radius 1 is 1.04 bits per heavy atom. The average molecular weight is 414 g/mol. The van der Waals surface area contributed by atoms with Crippen LogP contribution < -0.4 is 10.3 Å². The lowest BCUT2D eigenvalue weighted by Gasteiger charge is -2.06. The molecule has 0 saturated heterocycles. The summed E-state index contributed by atoms with van der Waals surface area (Å²) in [5.41, 5.74) is 2.87. The number of hydrogen-bond acceptors (Lipinski definition) is 3. The van der Waals surface area contributed by atoms with Crippen molar-refractivity contribution in [3.05, 3.63) is 86.9 Å². The summed E-state index contributed by atoms with van der Waals surface area (Å²) in [5, 5.41) is 5.69. The minimum absolute atomic E-state index is 0.117. The van der Waals surface area contributed by atoms with Gasteiger partial charge < -0.3 is 9.30 Å². The fourth-order valence-corrected chi connectivity index (χ4v) is 3.37. The topological polar surface area (TPSA) is 48.5 Å². The second-order valence-corrected chi connectivity index (χ2v) is 7.14. The highest BCUT2D eigenvalue weighted by Crippen LogP contribution is 2.30. The fourth-order valence-electron chi connectivity index (χ4n) is 3.01. The van der Waals surface area contributed by atoms with Crippen molar-refractivity contribution in [1.82, 2.24) is 14.2 Å². The van der Waals surface area contributed by atoms with Gasteiger partial charge in [0.25, 0.3) is 5.56 Å². The van der Waals surface area contributed by atoms with Crippen LogP contribution in [0.5, 0.6) is 5.75 Å². The van der Waals surface area contributed by atoms with Crippen molar-refractivity contribution in [2.75, 3.05) is 6.61 Å². The summed E-state index contributed by atoms with van der Waals surface area (Å²) in [6.45, 7) is 2.91. The molecule has 0 N–H and O–H groups in total. The van der Waals surface area contributed by atoms with Crippen molar-refractivity contribution in [1.29, 1.82) is 0 Å². The van der Waals surface area contributed by atoms with Crippen LogP contribution >= 0.6 is 23.2 Å². The smallest absolute Gasteiger partial charge is 0.276 e. The molecule has 0 aliphatic carbocycles. The molecular formula is C21H17Cl2N3O2. The number of nitrogens with zero attached hydrogens (tertiary/aromatic N) is 3. The van der Waals surface area contributed by atoms with Gasteiger partial charge in [0.05, 0.1) is 23.9 Å². The molecule has 0 spiro atoms. The Morgan fingerprint density at radius 2 is 1.82 bits per heavy atom. The number of aromatic nitrogens is 3. The SMILES string of the molecule is CCOc1ccc(-c2cc3c(=O)n(Cc4ccc(Cl)cc4)ccn3n2)cc1Cl. The van der Waals surface area contributed by atoms with Gasteiger partial charge in [0, 0.05) is 23.0 Å². The average Bonchev–Trinajstić information content (AvgIpc) is 3.13. The van der Waals surface area contributed by atoms with Gasteiger partial charge in [-0.15, -0.1) is 0 Å². The standard InChI is InChI=1S/C21H17Cl2N3O2/c1-2-28-20-8-5-15(11-17(20)23)18-12-19-21(27)25(9-10-26(19)24-18)13-14-3-6-16(22)7-4-14/h3-12H,2,13H2,1H3. The predicted octanol–water partition coefficient (Wildman–Crippen LogP) is 4.92. The number of benzene rings is 2. The van der Waals surface area contributed by atoms with Gasteiger partial charge in [-0.1, -0.05) is 35.3 Å². The Labute approximate surface area is 171 Å². The summed E-state index contributed by atoms with van der Waals surface area (Å²) >= 11 is 12.2. The lowest BCUT2D eigenvalue weighted by molar-refractivity contribution is 0.340. The molecule has 2 heterocycles. The van der Waals surface area contributed by atoms with Crippen LogP contribution in [0.1, 0.15) is 12.5 Å². The molecule has 4 rings (SSSR count). The monoisotopic (exact) mass is 413 g/mol. The van der Waals surface area contributed by atoms with E-state index < -0.39 is 0 Å². The summed E-state index contributed by atoms with van der Waals surface area (Å²) < 4.78 is 8.70. The van der Waals surface area contributed by atoms with E-state index in [0.29, 0.717) is 40.2 Å². The van der Waals surface area contributed by atoms with E-state index in [9.17, 15) is 4.79 Å². The van der Waals surface area contributed by atoms with Crippen LogP contribution in [0.15, 0.2) is 65.7 Å². The normalized spacial score (nSPS) is 11.1. The third-order valence-electron chi connectivity index (χ3n) is 4.40. The number of ether oxygens (including phenoxy) is 1. The van der Waals surface area contributed by atoms with Crippen LogP contribution in [0.2, 0.25) is 10.0 Å². The summed E-state index contributed by atoms with van der Waals surface area (Å²) in [5.74, 6) is 0.627. The van der Waals surface area contributed by atoms with Gasteiger partial charge in [-0.05, 0) is 48.9 Å². The van der Waals surface area contributed by atoms with E-state index in [-0.39, 0.29) is 5.56 Å². The fraction of sp³-hybridized carbons (Fsp3) is 0.143. The number of rotatable bonds is 5. The largest absolute Gasteiger partial charge is 0.492 e. The van der Waals surface area contributed by atoms with Crippen molar-refractivity contribution in [2.45, 2.75) is 13.5 Å². The van der Waals surface area contributed by atoms with Crippen molar-refractivity contribution >= 4 is 28.7 Å². The zero-order chi connectivity index (χ0) is 19.7. The van der Waals surface area contributed by atoms with E-state index in [4.69, 9.17) is 27.9 Å². The van der Waals surface area contributed by atoms with Crippen molar-refractivity contribution < 1.29 is 4.74 Å². The first kappa shape index (κ1) is 18.6. The summed E-state index contributed by atoms with van der Waals surface area (Å²) in [6, 6.07) is 14.7. The first-order chi connectivity index (χ1) is 13.5. The first-order valence-corrected chi connectivity index (χ1v) is 9.57. The molecule has 5 nitrogen and oxygen atoms in total. The van der Waals surface area contributed by atoms with Gasteiger partial charge in [-0.2, -0.15) is 5.10 Å². The molecule has 0 saturated carbocycles. The van der Waals surface area contributed by atoms with Gasteiger partial charge >= 0.3 is 0 Å². The molecule has 2 aromatic heterocycles. The van der Waals surface area contributed by atoms with Crippen LogP contribution in [0.4, 0.5) is 0 Å². The highest BCUT2D eigenvalue weighted by molar-refractivity contribution is 6.32. The highest BCUT2D eigenvalue weighted by Gasteiger charge is 2.11. The highest BCUT2D eigenvalue weighted by atomic mass is 35.5. The van der Waals surface area contributed by atoms with Gasteiger partial charge in [0.1, 0.15) is 11.3 Å². The molecule has 0 atom stereocenters. The van der Waals surface area contributed by atoms with Crippen LogP contribution in [-0.4, -0.2) is 20.8 Å². The lowest BCUT2D eigenvalue weighted by Crippen LogP contribution is -2.21. The van der Waals surface area contributed by atoms with Gasteiger partial charge in [0.2, 0.25) is 0 Å². The van der Waals surface area contributed by atoms with E-state index >= 15 is 0 Å². The molecule has 0 aliphatic heterocycles. The summed E-state index contributed by atoms with van der Waals surface area (Å²) in [7, 11) is 0. The molecule has 7 heteroatoms. The molecule has 28 heavy (non-hydrogen) atoms. The van der Waals surface area contributed by atoms with Crippen LogP contribution in [0.3, 0.4) is 0 Å². The third kappa shape index (κ3) is 3.63. The Morgan fingerprint density at radius 3 is 2.54 bits per heavy atom. The van der Waals surface area contributed by atoms with E-state index in [1.165, 1.54) is 0 Å². The molecule has 0 unspecified atom stereocenters. The summed E-state index contributed by atoms with van der Waals surface area (Å²) in [6.07, 6.45) is 3.50. The van der Waals surface area contributed by atoms with Crippen LogP contribution in [0, 0.1) is 0 Å². The van der Waals surface area contributed by atoms with E-state index in [2.05, 4.69) is 5.10 Å². The first-order valence-electron chi connectivity index (χ1n) is 8.81. The minimum atomic E-state index is -0.117. The maximum Gasteiger partial charge on any atom is 0.276 e. The van der Waals surface area contributed by atoms with Crippen molar-refractivity contribution in [2.24, 2.45) is 0 Å². The maximum absolute atomic E-state index is 12.9. The molecule has 0 aliphatic rings. The molecule has 0 bridgehead atoms. The second kappa shape index (κ2) is 7.70. The predicted molar refractivity (Wildman–Crippen MR) is 112 cm³/mol. The zero-order valence-electron chi connectivity index (χ0n) is 15.1. The van der Waals surface area contributed by atoms with Crippen LogP contribution in [-0.2, 0) is 6.54 Å². The molecule has 142 valence electrons. The minimum Gasteiger partial charge on any atom is -0.492 e.